The van der Waals surface area contributed by atoms with E-state index in [9.17, 15) is 9.59 Å². The quantitative estimate of drug-likeness (QED) is 0.250. The number of Topliss-reactive ketones (excluding diaryl/α,β-unsaturated/α-hetero) is 2. The van der Waals surface area contributed by atoms with Crippen LogP contribution < -0.4 is 19.7 Å². The maximum absolute atomic E-state index is 15.0. The molecule has 4 aromatic rings. The van der Waals surface area contributed by atoms with Crippen LogP contribution in [0, 0.1) is 5.92 Å². The van der Waals surface area contributed by atoms with Crippen molar-refractivity contribution in [2.24, 2.45) is 5.92 Å². The Morgan fingerprint density at radius 1 is 0.837 bits per heavy atom. The lowest BCUT2D eigenvalue weighted by molar-refractivity contribution is -0.121. The fraction of sp³-hybridized carbons (Fsp3) is 0.171. The predicted octanol–water partition coefficient (Wildman–Crippen LogP) is 6.32. The zero-order valence-corrected chi connectivity index (χ0v) is 25.0. The van der Waals surface area contributed by atoms with Gasteiger partial charge in [-0.2, -0.15) is 0 Å². The van der Waals surface area contributed by atoms with Crippen LogP contribution in [0.2, 0.25) is 0 Å². The lowest BCUT2D eigenvalue weighted by atomic mass is 9.64. The van der Waals surface area contributed by atoms with Crippen LogP contribution in [0.15, 0.2) is 102 Å². The third-order valence-electron chi connectivity index (χ3n) is 8.89. The molecule has 3 heterocycles. The molecule has 0 aromatic heterocycles. The van der Waals surface area contributed by atoms with Gasteiger partial charge >= 0.3 is 0 Å². The number of hydrogen-bond acceptors (Lipinski definition) is 6. The molecule has 4 atom stereocenters. The second-order valence-corrected chi connectivity index (χ2v) is 11.8. The summed E-state index contributed by atoms with van der Waals surface area (Å²) in [6.45, 7) is 0. The first-order chi connectivity index (χ1) is 20.9. The molecule has 0 unspecified atom stereocenters. The number of para-hydroxylation sites is 2. The Bertz CT molecular complexity index is 1830. The molecule has 1 saturated heterocycles. The summed E-state index contributed by atoms with van der Waals surface area (Å²) in [5.41, 5.74) is 2.43. The van der Waals surface area contributed by atoms with Gasteiger partial charge in [0.25, 0.3) is 0 Å². The van der Waals surface area contributed by atoms with Crippen molar-refractivity contribution in [1.82, 2.24) is 0 Å². The summed E-state index contributed by atoms with van der Waals surface area (Å²) in [5, 5.41) is 3.06. The molecule has 0 saturated carbocycles. The number of hydrogen-bond donors (Lipinski definition) is 1. The number of nitrogens with one attached hydrogen (secondary N) is 1. The van der Waals surface area contributed by atoms with E-state index in [1.165, 1.54) is 14.2 Å². The highest BCUT2D eigenvalue weighted by Crippen LogP contribution is 2.58. The number of fused-ring (bicyclic) bond motifs is 6. The van der Waals surface area contributed by atoms with Gasteiger partial charge < -0.3 is 19.7 Å². The molecule has 3 aliphatic heterocycles. The van der Waals surface area contributed by atoms with E-state index < -0.39 is 23.4 Å². The third kappa shape index (κ3) is 3.89. The molecular formula is C35H27BrN2O5. The van der Waals surface area contributed by atoms with E-state index in [0.717, 1.165) is 15.7 Å². The summed E-state index contributed by atoms with van der Waals surface area (Å²) >= 11 is 3.46. The van der Waals surface area contributed by atoms with Crippen molar-refractivity contribution >= 4 is 50.9 Å². The number of methoxy groups -OCH3 is 2. The Morgan fingerprint density at radius 3 is 2.30 bits per heavy atom. The predicted molar refractivity (Wildman–Crippen MR) is 168 cm³/mol. The van der Waals surface area contributed by atoms with Crippen LogP contribution in [0.1, 0.15) is 31.8 Å². The molecule has 3 aliphatic rings. The lowest BCUT2D eigenvalue weighted by Gasteiger charge is -2.37. The van der Waals surface area contributed by atoms with Crippen LogP contribution in [0.3, 0.4) is 0 Å². The summed E-state index contributed by atoms with van der Waals surface area (Å²) in [6.07, 6.45) is 3.95. The van der Waals surface area contributed by atoms with E-state index in [1.54, 1.807) is 30.3 Å². The Morgan fingerprint density at radius 2 is 1.53 bits per heavy atom. The van der Waals surface area contributed by atoms with Gasteiger partial charge in [-0.15, -0.1) is 0 Å². The largest absolute Gasteiger partial charge is 0.493 e. The van der Waals surface area contributed by atoms with E-state index in [1.807, 2.05) is 77.7 Å². The fourth-order valence-electron chi connectivity index (χ4n) is 7.07. The highest BCUT2D eigenvalue weighted by Gasteiger charge is 2.70. The average molecular weight is 636 g/mol. The molecule has 1 spiro atoms. The number of anilines is 2. The summed E-state index contributed by atoms with van der Waals surface area (Å²) in [4.78, 5) is 46.2. The van der Waals surface area contributed by atoms with Gasteiger partial charge in [0.2, 0.25) is 5.91 Å². The standard InChI is InChI=1S/C35H27BrN2O5/c1-42-27-17-13-22(19-28(27)43-2)32(39)30-31(33(40)21-11-15-23(36)16-12-21)38-26-10-6-3-7-20(26)14-18-29(38)35(30)24-8-4-5-9-25(24)37-34(35)41/h3-19,29-31H,1-2H3,(H,37,41)/t29-,30-,31+,35+/m1/s1. The Hall–Kier alpha value is -4.69. The normalized spacial score (nSPS) is 22.9. The minimum absolute atomic E-state index is 0.240. The Labute approximate surface area is 257 Å². The second-order valence-electron chi connectivity index (χ2n) is 10.9. The van der Waals surface area contributed by atoms with Crippen molar-refractivity contribution in [2.45, 2.75) is 17.5 Å². The van der Waals surface area contributed by atoms with E-state index in [2.05, 4.69) is 21.2 Å². The Balaban J connectivity index is 1.52. The van der Waals surface area contributed by atoms with Gasteiger partial charge in [-0.25, -0.2) is 0 Å². The van der Waals surface area contributed by atoms with Gasteiger partial charge in [0, 0.05) is 27.0 Å². The highest BCUT2D eigenvalue weighted by atomic mass is 79.9. The minimum atomic E-state index is -1.39. The molecule has 7 nitrogen and oxygen atoms in total. The van der Waals surface area contributed by atoms with Crippen molar-refractivity contribution in [3.63, 3.8) is 0 Å². The number of ketones is 2. The highest BCUT2D eigenvalue weighted by molar-refractivity contribution is 9.10. The summed E-state index contributed by atoms with van der Waals surface area (Å²) < 4.78 is 11.8. The molecule has 0 bridgehead atoms. The monoisotopic (exact) mass is 634 g/mol. The van der Waals surface area contributed by atoms with Crippen LogP contribution in [-0.2, 0) is 10.2 Å². The van der Waals surface area contributed by atoms with Crippen molar-refractivity contribution in [1.29, 1.82) is 0 Å². The van der Waals surface area contributed by atoms with Crippen LogP contribution in [0.4, 0.5) is 11.4 Å². The maximum atomic E-state index is 15.0. The van der Waals surface area contributed by atoms with Gasteiger partial charge in [-0.05, 0) is 53.6 Å². The first-order valence-corrected chi connectivity index (χ1v) is 14.7. The van der Waals surface area contributed by atoms with Gasteiger partial charge in [0.05, 0.1) is 26.2 Å². The van der Waals surface area contributed by atoms with Crippen molar-refractivity contribution in [3.05, 3.63) is 124 Å². The van der Waals surface area contributed by atoms with E-state index in [0.29, 0.717) is 33.9 Å². The van der Waals surface area contributed by atoms with Crippen LogP contribution in [0.25, 0.3) is 6.08 Å². The molecular weight excluding hydrogens is 608 g/mol. The molecule has 0 aliphatic carbocycles. The molecule has 8 heteroatoms. The minimum Gasteiger partial charge on any atom is -0.493 e. The third-order valence-corrected chi connectivity index (χ3v) is 9.42. The number of rotatable bonds is 6. The van der Waals surface area contributed by atoms with E-state index >= 15 is 4.79 Å². The number of nitrogens with zero attached hydrogens (tertiary/aromatic N) is 1. The van der Waals surface area contributed by atoms with Crippen LogP contribution in [-0.4, -0.2) is 43.8 Å². The molecule has 1 fully saturated rings. The molecule has 43 heavy (non-hydrogen) atoms. The zero-order valence-electron chi connectivity index (χ0n) is 23.4. The van der Waals surface area contributed by atoms with Gasteiger partial charge in [0.1, 0.15) is 11.5 Å². The Kier molecular flexibility index (Phi) is 6.47. The first-order valence-electron chi connectivity index (χ1n) is 13.9. The zero-order chi connectivity index (χ0) is 29.9. The number of halogens is 1. The van der Waals surface area contributed by atoms with Crippen molar-refractivity contribution in [2.75, 3.05) is 24.4 Å². The number of ether oxygens (including phenoxy) is 2. The number of amides is 1. The molecule has 1 amide bonds. The fourth-order valence-corrected chi connectivity index (χ4v) is 7.34. The lowest BCUT2D eigenvalue weighted by Crippen LogP contribution is -2.51. The molecule has 0 radical (unpaired) electrons. The summed E-state index contributed by atoms with van der Waals surface area (Å²) in [7, 11) is 3.03. The second kappa shape index (κ2) is 10.2. The molecule has 1 N–H and O–H groups in total. The number of benzene rings is 4. The molecule has 7 rings (SSSR count). The number of carbonyl (C=O) groups is 3. The average Bonchev–Trinajstić information content (AvgIpc) is 3.52. The molecule has 4 aromatic carbocycles. The van der Waals surface area contributed by atoms with Gasteiger partial charge in [-0.1, -0.05) is 76.6 Å². The SMILES string of the molecule is COc1ccc(C(=O)[C@H]2[C@@H](C(=O)c3ccc(Br)cc3)N3c4ccccc4C=C[C@@H]3[C@]23C(=O)Nc2ccccc23)cc1OC. The van der Waals surface area contributed by atoms with Crippen LogP contribution in [0.5, 0.6) is 11.5 Å². The van der Waals surface area contributed by atoms with Gasteiger partial charge in [-0.3, -0.25) is 14.4 Å². The van der Waals surface area contributed by atoms with E-state index in [4.69, 9.17) is 9.47 Å². The maximum Gasteiger partial charge on any atom is 0.238 e. The smallest absolute Gasteiger partial charge is 0.238 e. The van der Waals surface area contributed by atoms with Crippen LogP contribution >= 0.6 is 15.9 Å². The number of carbonyl (C=O) groups excluding carboxylic acids is 3. The van der Waals surface area contributed by atoms with E-state index in [-0.39, 0.29) is 17.5 Å². The van der Waals surface area contributed by atoms with Gasteiger partial charge in [0.15, 0.2) is 23.1 Å². The topological polar surface area (TPSA) is 84.9 Å². The molecule has 214 valence electrons. The van der Waals surface area contributed by atoms with Crippen molar-refractivity contribution < 1.29 is 23.9 Å². The summed E-state index contributed by atoms with van der Waals surface area (Å²) in [6, 6.07) is 25.7. The first kappa shape index (κ1) is 27.2. The summed E-state index contributed by atoms with van der Waals surface area (Å²) in [5.74, 6) is -1.10. The van der Waals surface area contributed by atoms with Crippen molar-refractivity contribution in [3.8, 4) is 11.5 Å².